The molecular weight excluding hydrogens is 218 g/mol. The Morgan fingerprint density at radius 3 is 2.82 bits per heavy atom. The fraction of sp³-hybridized carbons (Fsp3) is 0.250. The lowest BCUT2D eigenvalue weighted by Gasteiger charge is -2.05. The number of non-ortho nitro benzene ring substituents is 1. The highest BCUT2D eigenvalue weighted by Crippen LogP contribution is 2.19. The minimum absolute atomic E-state index is 0.0537. The van der Waals surface area contributed by atoms with Gasteiger partial charge in [-0.15, -0.1) is 0 Å². The summed E-state index contributed by atoms with van der Waals surface area (Å²) in [5.74, 6) is 0. The van der Waals surface area contributed by atoms with E-state index in [1.807, 2.05) is 19.1 Å². The molecule has 88 valence electrons. The number of nitro groups is 1. The lowest BCUT2D eigenvalue weighted by molar-refractivity contribution is -0.384. The largest absolute Gasteiger partial charge is 0.328 e. The van der Waals surface area contributed by atoms with Crippen molar-refractivity contribution in [3.63, 3.8) is 0 Å². The first-order chi connectivity index (χ1) is 8.06. The highest BCUT2D eigenvalue weighted by Gasteiger charge is 2.07. The Bertz CT molecular complexity index is 567. The number of aromatic nitrogens is 1. The highest BCUT2D eigenvalue weighted by atomic mass is 16.6. The lowest BCUT2D eigenvalue weighted by atomic mass is 10.1. The van der Waals surface area contributed by atoms with Crippen LogP contribution in [-0.4, -0.2) is 15.9 Å². The number of nitro benzene ring substituents is 1. The Labute approximate surface area is 98.4 Å². The molecule has 0 amide bonds. The third-order valence-electron chi connectivity index (χ3n) is 2.47. The van der Waals surface area contributed by atoms with Crippen molar-refractivity contribution in [1.82, 2.24) is 4.98 Å². The average Bonchev–Trinajstić information content (AvgIpc) is 2.27. The minimum Gasteiger partial charge on any atom is -0.328 e. The van der Waals surface area contributed by atoms with Crippen LogP contribution in [0.15, 0.2) is 30.3 Å². The molecule has 1 atom stereocenters. The summed E-state index contributed by atoms with van der Waals surface area (Å²) in [5.41, 5.74) is 7.45. The van der Waals surface area contributed by atoms with Gasteiger partial charge in [-0.05, 0) is 19.1 Å². The monoisotopic (exact) mass is 231 g/mol. The summed E-state index contributed by atoms with van der Waals surface area (Å²) in [4.78, 5) is 14.6. The Morgan fingerprint density at radius 1 is 1.41 bits per heavy atom. The van der Waals surface area contributed by atoms with Crippen molar-refractivity contribution in [2.24, 2.45) is 5.73 Å². The molecule has 0 aliphatic heterocycles. The molecule has 0 saturated carbocycles. The number of hydrogen-bond acceptors (Lipinski definition) is 4. The smallest absolute Gasteiger partial charge is 0.270 e. The van der Waals surface area contributed by atoms with Gasteiger partial charge in [-0.2, -0.15) is 0 Å². The molecule has 0 aliphatic rings. The minimum atomic E-state index is -0.407. The van der Waals surface area contributed by atoms with Crippen LogP contribution in [0.4, 0.5) is 5.69 Å². The average molecular weight is 231 g/mol. The van der Waals surface area contributed by atoms with Gasteiger partial charge in [0.05, 0.1) is 10.4 Å². The van der Waals surface area contributed by atoms with E-state index < -0.39 is 4.92 Å². The van der Waals surface area contributed by atoms with Gasteiger partial charge in [0.15, 0.2) is 0 Å². The Kier molecular flexibility index (Phi) is 3.01. The third-order valence-corrected chi connectivity index (χ3v) is 2.47. The van der Waals surface area contributed by atoms with Gasteiger partial charge in [0.2, 0.25) is 0 Å². The predicted molar refractivity (Wildman–Crippen MR) is 65.8 cm³/mol. The molecule has 1 unspecified atom stereocenters. The summed E-state index contributed by atoms with van der Waals surface area (Å²) in [5, 5.41) is 11.4. The maximum atomic E-state index is 10.6. The second-order valence-electron chi connectivity index (χ2n) is 4.12. The Balaban J connectivity index is 2.43. The molecule has 0 bridgehead atoms. The first-order valence-corrected chi connectivity index (χ1v) is 5.36. The quantitative estimate of drug-likeness (QED) is 0.647. The summed E-state index contributed by atoms with van der Waals surface area (Å²) in [6.07, 6.45) is 0.701. The number of pyridine rings is 1. The standard InChI is InChI=1S/C12H13N3O2/c1-8(13)6-10-3-2-9-7-11(15(16)17)4-5-12(9)14-10/h2-5,7-8H,6,13H2,1H3. The number of rotatable bonds is 3. The first-order valence-electron chi connectivity index (χ1n) is 5.36. The molecule has 5 heteroatoms. The predicted octanol–water partition coefficient (Wildman–Crippen LogP) is 2.03. The molecule has 0 aliphatic carbocycles. The van der Waals surface area contributed by atoms with Gasteiger partial charge in [0.25, 0.3) is 5.69 Å². The zero-order valence-electron chi connectivity index (χ0n) is 9.46. The molecule has 1 heterocycles. The van der Waals surface area contributed by atoms with Crippen LogP contribution in [0.2, 0.25) is 0 Å². The van der Waals surface area contributed by atoms with Crippen LogP contribution in [0.1, 0.15) is 12.6 Å². The van der Waals surface area contributed by atoms with Crippen molar-refractivity contribution in [1.29, 1.82) is 0 Å². The molecule has 17 heavy (non-hydrogen) atoms. The van der Waals surface area contributed by atoms with E-state index in [9.17, 15) is 10.1 Å². The summed E-state index contributed by atoms with van der Waals surface area (Å²) in [7, 11) is 0. The van der Waals surface area contributed by atoms with Crippen molar-refractivity contribution in [3.8, 4) is 0 Å². The van der Waals surface area contributed by atoms with Gasteiger partial charge in [0.1, 0.15) is 0 Å². The zero-order chi connectivity index (χ0) is 12.4. The zero-order valence-corrected chi connectivity index (χ0v) is 9.46. The van der Waals surface area contributed by atoms with E-state index in [-0.39, 0.29) is 11.7 Å². The van der Waals surface area contributed by atoms with Gasteiger partial charge < -0.3 is 5.73 Å². The van der Waals surface area contributed by atoms with Gasteiger partial charge in [-0.1, -0.05) is 6.07 Å². The summed E-state index contributed by atoms with van der Waals surface area (Å²) >= 11 is 0. The molecule has 2 aromatic rings. The maximum Gasteiger partial charge on any atom is 0.270 e. The SMILES string of the molecule is CC(N)Cc1ccc2cc([N+](=O)[O-])ccc2n1. The van der Waals surface area contributed by atoms with E-state index in [0.717, 1.165) is 16.6 Å². The fourth-order valence-corrected chi connectivity index (χ4v) is 1.71. The van der Waals surface area contributed by atoms with Crippen LogP contribution in [0.25, 0.3) is 10.9 Å². The van der Waals surface area contributed by atoms with E-state index in [1.165, 1.54) is 12.1 Å². The van der Waals surface area contributed by atoms with Crippen LogP contribution in [0.5, 0.6) is 0 Å². The van der Waals surface area contributed by atoms with Crippen molar-refractivity contribution >= 4 is 16.6 Å². The molecule has 0 radical (unpaired) electrons. The molecule has 1 aromatic carbocycles. The topological polar surface area (TPSA) is 82.0 Å². The lowest BCUT2D eigenvalue weighted by Crippen LogP contribution is -2.18. The Hall–Kier alpha value is -2.01. The summed E-state index contributed by atoms with van der Waals surface area (Å²) < 4.78 is 0. The third kappa shape index (κ3) is 2.57. The fourth-order valence-electron chi connectivity index (χ4n) is 1.71. The van der Waals surface area contributed by atoms with E-state index in [4.69, 9.17) is 5.73 Å². The molecular formula is C12H13N3O2. The van der Waals surface area contributed by atoms with Crippen LogP contribution < -0.4 is 5.73 Å². The van der Waals surface area contributed by atoms with Gasteiger partial charge >= 0.3 is 0 Å². The molecule has 1 aromatic heterocycles. The molecule has 2 rings (SSSR count). The van der Waals surface area contributed by atoms with E-state index in [2.05, 4.69) is 4.98 Å². The number of hydrogen-bond donors (Lipinski definition) is 1. The molecule has 0 fully saturated rings. The van der Waals surface area contributed by atoms with Gasteiger partial charge in [0, 0.05) is 35.7 Å². The van der Waals surface area contributed by atoms with Crippen LogP contribution in [0, 0.1) is 10.1 Å². The van der Waals surface area contributed by atoms with Crippen molar-refractivity contribution in [2.75, 3.05) is 0 Å². The number of nitrogens with zero attached hydrogens (tertiary/aromatic N) is 2. The second kappa shape index (κ2) is 4.47. The number of benzene rings is 1. The highest BCUT2D eigenvalue weighted by molar-refractivity contribution is 5.81. The molecule has 0 spiro atoms. The molecule has 0 saturated heterocycles. The molecule has 5 nitrogen and oxygen atoms in total. The van der Waals surface area contributed by atoms with Crippen molar-refractivity contribution in [3.05, 3.63) is 46.1 Å². The van der Waals surface area contributed by atoms with E-state index in [1.54, 1.807) is 6.07 Å². The van der Waals surface area contributed by atoms with Gasteiger partial charge in [-0.3, -0.25) is 15.1 Å². The van der Waals surface area contributed by atoms with Crippen LogP contribution >= 0.6 is 0 Å². The van der Waals surface area contributed by atoms with Crippen molar-refractivity contribution in [2.45, 2.75) is 19.4 Å². The first kappa shape index (κ1) is 11.5. The van der Waals surface area contributed by atoms with E-state index >= 15 is 0 Å². The van der Waals surface area contributed by atoms with Crippen molar-refractivity contribution < 1.29 is 4.92 Å². The number of fused-ring (bicyclic) bond motifs is 1. The maximum absolute atomic E-state index is 10.6. The van der Waals surface area contributed by atoms with Gasteiger partial charge in [-0.25, -0.2) is 0 Å². The number of nitrogens with two attached hydrogens (primary N) is 1. The summed E-state index contributed by atoms with van der Waals surface area (Å²) in [6, 6.07) is 8.40. The van der Waals surface area contributed by atoms with E-state index in [0.29, 0.717) is 6.42 Å². The normalized spacial score (nSPS) is 12.6. The molecule has 2 N–H and O–H groups in total. The second-order valence-corrected chi connectivity index (χ2v) is 4.12. The summed E-state index contributed by atoms with van der Waals surface area (Å²) in [6.45, 7) is 1.92. The van der Waals surface area contributed by atoms with Crippen LogP contribution in [-0.2, 0) is 6.42 Å². The Morgan fingerprint density at radius 2 is 2.18 bits per heavy atom. The van der Waals surface area contributed by atoms with Crippen LogP contribution in [0.3, 0.4) is 0 Å².